The van der Waals surface area contributed by atoms with Crippen molar-refractivity contribution in [1.29, 1.82) is 0 Å². The van der Waals surface area contributed by atoms with Gasteiger partial charge in [0.2, 0.25) is 11.8 Å². The molecular formula is C27H28ClN3O5S. The van der Waals surface area contributed by atoms with E-state index < -0.39 is 11.9 Å². The maximum absolute atomic E-state index is 13.8. The Hall–Kier alpha value is -3.40. The highest BCUT2D eigenvalue weighted by Gasteiger charge is 2.35. The highest BCUT2D eigenvalue weighted by atomic mass is 35.5. The number of carbonyl (C=O) groups is 3. The Kier molecular flexibility index (Phi) is 9.16. The number of halogens is 1. The summed E-state index contributed by atoms with van der Waals surface area (Å²) in [6.07, 6.45) is 1.72. The zero-order valence-corrected chi connectivity index (χ0v) is 21.9. The fraction of sp³-hybridized carbons (Fsp3) is 0.296. The van der Waals surface area contributed by atoms with Crippen LogP contribution in [0.5, 0.6) is 5.75 Å². The minimum Gasteiger partial charge on any atom is -0.495 e. The number of carbonyl (C=O) groups excluding carboxylic acids is 3. The average Bonchev–Trinajstić information content (AvgIpc) is 3.64. The van der Waals surface area contributed by atoms with Crippen LogP contribution in [0.2, 0.25) is 5.02 Å². The Morgan fingerprint density at radius 1 is 1.14 bits per heavy atom. The first-order valence-corrected chi connectivity index (χ1v) is 13.1. The van der Waals surface area contributed by atoms with Crippen LogP contribution in [0.15, 0.2) is 66.0 Å². The minimum atomic E-state index is -1.05. The second-order valence-electron chi connectivity index (χ2n) is 8.43. The van der Waals surface area contributed by atoms with E-state index in [1.165, 1.54) is 23.3 Å². The van der Waals surface area contributed by atoms with Gasteiger partial charge >= 0.3 is 0 Å². The number of nitrogens with zero attached hydrogens (tertiary/aromatic N) is 1. The van der Waals surface area contributed by atoms with Gasteiger partial charge in [-0.3, -0.25) is 19.3 Å². The number of thiophene rings is 1. The number of nitrogens with one attached hydrogen (secondary N) is 2. The van der Waals surface area contributed by atoms with Crippen LogP contribution in [0.4, 0.5) is 5.69 Å². The molecule has 1 saturated heterocycles. The van der Waals surface area contributed by atoms with Gasteiger partial charge in [0.25, 0.3) is 5.91 Å². The summed E-state index contributed by atoms with van der Waals surface area (Å²) < 4.78 is 11.2. The quantitative estimate of drug-likeness (QED) is 0.401. The van der Waals surface area contributed by atoms with E-state index in [1.54, 1.807) is 60.0 Å². The summed E-state index contributed by atoms with van der Waals surface area (Å²) in [7, 11) is 1.48. The summed E-state index contributed by atoms with van der Waals surface area (Å²) in [4.78, 5) is 41.9. The predicted molar refractivity (Wildman–Crippen MR) is 143 cm³/mol. The van der Waals surface area contributed by atoms with Crippen LogP contribution in [-0.4, -0.2) is 50.6 Å². The van der Waals surface area contributed by atoms with Gasteiger partial charge in [-0.25, -0.2) is 0 Å². The van der Waals surface area contributed by atoms with Gasteiger partial charge in [-0.1, -0.05) is 48.0 Å². The van der Waals surface area contributed by atoms with Gasteiger partial charge in [0.05, 0.1) is 30.3 Å². The van der Waals surface area contributed by atoms with Crippen LogP contribution in [0.3, 0.4) is 0 Å². The van der Waals surface area contributed by atoms with Crippen LogP contribution >= 0.6 is 22.9 Å². The molecular weight excluding hydrogens is 514 g/mol. The Morgan fingerprint density at radius 2 is 1.95 bits per heavy atom. The molecule has 0 aliphatic carbocycles. The first-order chi connectivity index (χ1) is 18.0. The van der Waals surface area contributed by atoms with Gasteiger partial charge < -0.3 is 20.1 Å². The topological polar surface area (TPSA) is 97.0 Å². The third-order valence-electron chi connectivity index (χ3n) is 5.96. The van der Waals surface area contributed by atoms with Gasteiger partial charge in [-0.05, 0) is 48.1 Å². The van der Waals surface area contributed by atoms with Crippen LogP contribution in [-0.2, 0) is 14.3 Å². The summed E-state index contributed by atoms with van der Waals surface area (Å²) >= 11 is 7.59. The van der Waals surface area contributed by atoms with E-state index in [0.29, 0.717) is 40.1 Å². The van der Waals surface area contributed by atoms with E-state index in [0.717, 1.165) is 12.8 Å². The van der Waals surface area contributed by atoms with Crippen LogP contribution in [0, 0.1) is 0 Å². The first kappa shape index (κ1) is 26.7. The lowest BCUT2D eigenvalue weighted by atomic mass is 10.0. The SMILES string of the molecule is COc1ccc(Cl)cc1N(C(=O)CNC(=O)c1cccs1)[C@H](C(=O)NC[C@H]1CCCO1)c1ccccc1. The van der Waals surface area contributed by atoms with E-state index >= 15 is 0 Å². The maximum atomic E-state index is 13.8. The van der Waals surface area contributed by atoms with Crippen LogP contribution in [0.1, 0.15) is 34.1 Å². The predicted octanol–water partition coefficient (Wildman–Crippen LogP) is 4.21. The summed E-state index contributed by atoms with van der Waals surface area (Å²) in [5, 5.41) is 7.76. The number of hydrogen-bond acceptors (Lipinski definition) is 6. The lowest BCUT2D eigenvalue weighted by molar-refractivity contribution is -0.126. The van der Waals surface area contributed by atoms with E-state index in [4.69, 9.17) is 21.1 Å². The normalized spacial score (nSPS) is 15.6. The van der Waals surface area contributed by atoms with Crippen LogP contribution < -0.4 is 20.3 Å². The molecule has 3 amide bonds. The zero-order valence-electron chi connectivity index (χ0n) is 20.3. The lowest BCUT2D eigenvalue weighted by Gasteiger charge is -2.33. The van der Waals surface area contributed by atoms with Crippen molar-refractivity contribution in [3.05, 3.63) is 81.5 Å². The van der Waals surface area contributed by atoms with Crippen molar-refractivity contribution in [2.24, 2.45) is 0 Å². The molecule has 0 unspecified atom stereocenters. The fourth-order valence-electron chi connectivity index (χ4n) is 4.17. The van der Waals surface area contributed by atoms with Crippen molar-refractivity contribution in [3.63, 3.8) is 0 Å². The molecule has 8 nitrogen and oxygen atoms in total. The molecule has 3 aromatic rings. The van der Waals surface area contributed by atoms with Gasteiger partial charge in [0.1, 0.15) is 11.8 Å². The van der Waals surface area contributed by atoms with Gasteiger partial charge in [0, 0.05) is 18.2 Å². The molecule has 1 aromatic heterocycles. The largest absolute Gasteiger partial charge is 0.495 e. The Morgan fingerprint density at radius 3 is 2.62 bits per heavy atom. The molecule has 2 heterocycles. The molecule has 1 fully saturated rings. The number of anilines is 1. The third-order valence-corrected chi connectivity index (χ3v) is 7.07. The Bertz CT molecular complexity index is 1220. The van der Waals surface area contributed by atoms with Gasteiger partial charge in [0.15, 0.2) is 0 Å². The molecule has 0 saturated carbocycles. The Labute approximate surface area is 224 Å². The van der Waals surface area contributed by atoms with Crippen molar-refractivity contribution >= 4 is 46.3 Å². The van der Waals surface area contributed by atoms with Crippen molar-refractivity contribution in [3.8, 4) is 5.75 Å². The molecule has 37 heavy (non-hydrogen) atoms. The summed E-state index contributed by atoms with van der Waals surface area (Å²) in [6.45, 7) is 0.650. The molecule has 0 bridgehead atoms. The second-order valence-corrected chi connectivity index (χ2v) is 9.82. The van der Waals surface area contributed by atoms with E-state index in [9.17, 15) is 14.4 Å². The van der Waals surface area contributed by atoms with E-state index in [-0.39, 0.29) is 24.5 Å². The van der Waals surface area contributed by atoms with Crippen molar-refractivity contribution in [1.82, 2.24) is 10.6 Å². The zero-order chi connectivity index (χ0) is 26.2. The molecule has 10 heteroatoms. The van der Waals surface area contributed by atoms with Gasteiger partial charge in [-0.2, -0.15) is 0 Å². The molecule has 2 atom stereocenters. The van der Waals surface area contributed by atoms with E-state index in [1.807, 2.05) is 6.07 Å². The Balaban J connectivity index is 1.70. The average molecular weight is 542 g/mol. The molecule has 1 aliphatic rings. The number of rotatable bonds is 10. The molecule has 1 aliphatic heterocycles. The van der Waals surface area contributed by atoms with Crippen molar-refractivity contribution < 1.29 is 23.9 Å². The third kappa shape index (κ3) is 6.68. The molecule has 2 aromatic carbocycles. The summed E-state index contributed by atoms with van der Waals surface area (Å²) in [5.74, 6) is -0.913. The fourth-order valence-corrected chi connectivity index (χ4v) is 4.98. The molecule has 194 valence electrons. The van der Waals surface area contributed by atoms with E-state index in [2.05, 4.69) is 10.6 Å². The van der Waals surface area contributed by atoms with Crippen molar-refractivity contribution in [2.75, 3.05) is 31.7 Å². The minimum absolute atomic E-state index is 0.0738. The second kappa shape index (κ2) is 12.7. The molecule has 4 rings (SSSR count). The number of benzene rings is 2. The molecule has 2 N–H and O–H groups in total. The monoisotopic (exact) mass is 541 g/mol. The standard InChI is InChI=1S/C27H28ClN3O5S/c1-35-22-12-11-19(28)15-21(22)31(24(32)17-30-26(33)23-10-6-14-37-23)25(18-7-3-2-4-8-18)27(34)29-16-20-9-5-13-36-20/h2-4,6-8,10-12,14-15,20,25H,5,9,13,16-17H2,1H3,(H,29,34)(H,30,33)/t20-,25+/m1/s1. The summed E-state index contributed by atoms with van der Waals surface area (Å²) in [5.41, 5.74) is 0.902. The maximum Gasteiger partial charge on any atom is 0.261 e. The smallest absolute Gasteiger partial charge is 0.261 e. The van der Waals surface area contributed by atoms with Crippen LogP contribution in [0.25, 0.3) is 0 Å². The molecule has 0 spiro atoms. The number of methoxy groups -OCH3 is 1. The highest BCUT2D eigenvalue weighted by Crippen LogP contribution is 2.37. The number of hydrogen-bond donors (Lipinski definition) is 2. The molecule has 0 radical (unpaired) electrons. The van der Waals surface area contributed by atoms with Crippen molar-refractivity contribution in [2.45, 2.75) is 25.0 Å². The summed E-state index contributed by atoms with van der Waals surface area (Å²) in [6, 6.07) is 16.2. The highest BCUT2D eigenvalue weighted by molar-refractivity contribution is 7.12. The number of ether oxygens (including phenoxy) is 2. The number of amides is 3. The lowest BCUT2D eigenvalue weighted by Crippen LogP contribution is -2.48. The first-order valence-electron chi connectivity index (χ1n) is 11.9. The van der Waals surface area contributed by atoms with Gasteiger partial charge in [-0.15, -0.1) is 11.3 Å².